The van der Waals surface area contributed by atoms with Crippen molar-refractivity contribution in [2.45, 2.75) is 46.0 Å². The fraction of sp³-hybridized carbons (Fsp3) is 0.438. The van der Waals surface area contributed by atoms with Gasteiger partial charge in [-0.1, -0.05) is 32.9 Å². The fourth-order valence-corrected chi connectivity index (χ4v) is 1.89. The van der Waals surface area contributed by atoms with E-state index in [0.717, 1.165) is 11.1 Å². The third-order valence-electron chi connectivity index (χ3n) is 3.10. The third kappa shape index (κ3) is 4.61. The van der Waals surface area contributed by atoms with Gasteiger partial charge in [0.1, 0.15) is 5.75 Å². The Kier molecular flexibility index (Phi) is 5.19. The molecule has 4 N–H and O–H groups in total. The van der Waals surface area contributed by atoms with E-state index in [1.165, 1.54) is 0 Å². The summed E-state index contributed by atoms with van der Waals surface area (Å²) in [5.74, 6) is 0.561. The summed E-state index contributed by atoms with van der Waals surface area (Å²) in [4.78, 5) is 11.7. The number of hydrogen-bond acceptors (Lipinski definition) is 3. The van der Waals surface area contributed by atoms with Gasteiger partial charge >= 0.3 is 0 Å². The summed E-state index contributed by atoms with van der Waals surface area (Å²) in [7, 11) is 0. The van der Waals surface area contributed by atoms with Crippen molar-refractivity contribution in [3.8, 4) is 5.75 Å². The van der Waals surface area contributed by atoms with E-state index in [-0.39, 0.29) is 11.3 Å². The topological polar surface area (TPSA) is 75.3 Å². The number of benzene rings is 1. The number of phenols is 1. The smallest absolute Gasteiger partial charge is 0.225 e. The normalized spacial score (nSPS) is 12.3. The number of nitrogens with two attached hydrogens (primary N) is 1. The van der Waals surface area contributed by atoms with Gasteiger partial charge in [0.15, 0.2) is 0 Å². The first kappa shape index (κ1) is 16.1. The highest BCUT2D eigenvalue weighted by atomic mass is 16.3. The SMILES string of the molecule is CC=C(N)NC(=O)CCc1ccc(O)c(C(C)(C)C)c1. The first-order valence-corrected chi connectivity index (χ1v) is 6.78. The molecule has 110 valence electrons. The maximum Gasteiger partial charge on any atom is 0.225 e. The number of phenolic OH excluding ortho intramolecular Hbond substituents is 1. The van der Waals surface area contributed by atoms with Crippen LogP contribution in [0.5, 0.6) is 5.75 Å². The molecule has 0 bridgehead atoms. The molecular weight excluding hydrogens is 252 g/mol. The lowest BCUT2D eigenvalue weighted by atomic mass is 9.85. The molecule has 0 spiro atoms. The maximum absolute atomic E-state index is 11.7. The minimum atomic E-state index is -0.127. The lowest BCUT2D eigenvalue weighted by Gasteiger charge is -2.21. The molecule has 1 aromatic rings. The van der Waals surface area contributed by atoms with Gasteiger partial charge in [0, 0.05) is 6.42 Å². The molecule has 4 heteroatoms. The largest absolute Gasteiger partial charge is 0.508 e. The van der Waals surface area contributed by atoms with Gasteiger partial charge in [0.05, 0.1) is 5.82 Å². The number of aromatic hydroxyl groups is 1. The number of carbonyl (C=O) groups excluding carboxylic acids is 1. The van der Waals surface area contributed by atoms with Gasteiger partial charge in [-0.3, -0.25) is 4.79 Å². The Balaban J connectivity index is 2.73. The Hall–Kier alpha value is -1.97. The molecule has 0 saturated carbocycles. The standard InChI is InChI=1S/C16H24N2O2/c1-5-14(17)18-15(20)9-7-11-6-8-13(19)12(10-11)16(2,3)4/h5-6,8,10,19H,7,9,17H2,1-4H3,(H,18,20). The van der Waals surface area contributed by atoms with Crippen molar-refractivity contribution in [2.75, 3.05) is 0 Å². The fourth-order valence-electron chi connectivity index (χ4n) is 1.89. The predicted molar refractivity (Wildman–Crippen MR) is 81.2 cm³/mol. The van der Waals surface area contributed by atoms with Crippen molar-refractivity contribution >= 4 is 5.91 Å². The van der Waals surface area contributed by atoms with Crippen LogP contribution in [0.1, 0.15) is 45.2 Å². The molecule has 0 fully saturated rings. The quantitative estimate of drug-likeness (QED) is 0.791. The average Bonchev–Trinajstić information content (AvgIpc) is 2.36. The second-order valence-electron chi connectivity index (χ2n) is 5.89. The number of rotatable bonds is 4. The number of hydrogen-bond donors (Lipinski definition) is 3. The number of allylic oxidation sites excluding steroid dienone is 1. The first-order valence-electron chi connectivity index (χ1n) is 6.78. The van der Waals surface area contributed by atoms with Crippen LogP contribution >= 0.6 is 0 Å². The zero-order valence-electron chi connectivity index (χ0n) is 12.7. The van der Waals surface area contributed by atoms with E-state index in [9.17, 15) is 9.90 Å². The van der Waals surface area contributed by atoms with E-state index in [1.54, 1.807) is 19.1 Å². The minimum Gasteiger partial charge on any atom is -0.508 e. The van der Waals surface area contributed by atoms with Crippen LogP contribution < -0.4 is 11.1 Å². The zero-order chi connectivity index (χ0) is 15.3. The maximum atomic E-state index is 11.7. The van der Waals surface area contributed by atoms with Crippen LogP contribution in [-0.2, 0) is 16.6 Å². The molecule has 0 aliphatic heterocycles. The Morgan fingerprint density at radius 2 is 2.05 bits per heavy atom. The second kappa shape index (κ2) is 6.46. The second-order valence-corrected chi connectivity index (χ2v) is 5.89. The molecule has 0 saturated heterocycles. The monoisotopic (exact) mass is 276 g/mol. The highest BCUT2D eigenvalue weighted by molar-refractivity contribution is 5.77. The van der Waals surface area contributed by atoms with E-state index in [4.69, 9.17) is 5.73 Å². The van der Waals surface area contributed by atoms with Gasteiger partial charge in [-0.15, -0.1) is 0 Å². The Labute approximate surface area is 120 Å². The Morgan fingerprint density at radius 3 is 2.60 bits per heavy atom. The molecule has 1 aromatic carbocycles. The number of aryl methyl sites for hydroxylation is 1. The molecular formula is C16H24N2O2. The van der Waals surface area contributed by atoms with Crippen LogP contribution in [0, 0.1) is 0 Å². The van der Waals surface area contributed by atoms with Crippen molar-refractivity contribution in [2.24, 2.45) is 5.73 Å². The van der Waals surface area contributed by atoms with E-state index in [2.05, 4.69) is 5.32 Å². The summed E-state index contributed by atoms with van der Waals surface area (Å²) in [6, 6.07) is 5.49. The first-order chi connectivity index (χ1) is 9.24. The van der Waals surface area contributed by atoms with Crippen LogP contribution in [0.3, 0.4) is 0 Å². The van der Waals surface area contributed by atoms with Crippen LogP contribution in [0.4, 0.5) is 0 Å². The van der Waals surface area contributed by atoms with Crippen LogP contribution in [0.25, 0.3) is 0 Å². The van der Waals surface area contributed by atoms with Crippen LogP contribution in [0.15, 0.2) is 30.1 Å². The predicted octanol–water partition coefficient (Wildman–Crippen LogP) is 2.56. The summed E-state index contributed by atoms with van der Waals surface area (Å²) in [6.45, 7) is 7.91. The average molecular weight is 276 g/mol. The molecule has 0 unspecified atom stereocenters. The number of nitrogens with one attached hydrogen (secondary N) is 1. The van der Waals surface area contributed by atoms with E-state index < -0.39 is 0 Å². The van der Waals surface area contributed by atoms with Gasteiger partial charge in [-0.2, -0.15) is 0 Å². The van der Waals surface area contributed by atoms with Gasteiger partial charge in [-0.25, -0.2) is 0 Å². The Morgan fingerprint density at radius 1 is 1.40 bits per heavy atom. The molecule has 0 atom stereocenters. The molecule has 0 aromatic heterocycles. The van der Waals surface area contributed by atoms with Gasteiger partial charge < -0.3 is 16.2 Å². The molecule has 20 heavy (non-hydrogen) atoms. The minimum absolute atomic E-state index is 0.106. The van der Waals surface area contributed by atoms with Crippen LogP contribution in [-0.4, -0.2) is 11.0 Å². The van der Waals surface area contributed by atoms with Crippen molar-refractivity contribution in [3.63, 3.8) is 0 Å². The highest BCUT2D eigenvalue weighted by Gasteiger charge is 2.18. The number of carbonyl (C=O) groups is 1. The van der Waals surface area contributed by atoms with Gasteiger partial charge in [0.2, 0.25) is 5.91 Å². The summed E-state index contributed by atoms with van der Waals surface area (Å²) in [6.07, 6.45) is 2.63. The molecule has 0 radical (unpaired) electrons. The van der Waals surface area contributed by atoms with Crippen molar-refractivity contribution in [3.05, 3.63) is 41.2 Å². The molecule has 0 heterocycles. The summed E-state index contributed by atoms with van der Waals surface area (Å²) < 4.78 is 0. The van der Waals surface area contributed by atoms with E-state index in [0.29, 0.717) is 24.4 Å². The summed E-state index contributed by atoms with van der Waals surface area (Å²) in [5.41, 5.74) is 7.33. The molecule has 1 rings (SSSR count). The van der Waals surface area contributed by atoms with Crippen molar-refractivity contribution in [1.29, 1.82) is 0 Å². The molecule has 1 amide bonds. The van der Waals surface area contributed by atoms with Crippen LogP contribution in [0.2, 0.25) is 0 Å². The molecule has 4 nitrogen and oxygen atoms in total. The number of amides is 1. The van der Waals surface area contributed by atoms with Gasteiger partial charge in [-0.05, 0) is 42.0 Å². The molecule has 0 aliphatic carbocycles. The molecule has 0 aliphatic rings. The van der Waals surface area contributed by atoms with E-state index in [1.807, 2.05) is 32.9 Å². The third-order valence-corrected chi connectivity index (χ3v) is 3.10. The lowest BCUT2D eigenvalue weighted by molar-refractivity contribution is -0.120. The van der Waals surface area contributed by atoms with Gasteiger partial charge in [0.25, 0.3) is 0 Å². The van der Waals surface area contributed by atoms with Crippen molar-refractivity contribution < 1.29 is 9.90 Å². The highest BCUT2D eigenvalue weighted by Crippen LogP contribution is 2.31. The Bertz CT molecular complexity index is 514. The lowest BCUT2D eigenvalue weighted by Crippen LogP contribution is -2.27. The summed E-state index contributed by atoms with van der Waals surface area (Å²) in [5, 5.41) is 12.5. The zero-order valence-corrected chi connectivity index (χ0v) is 12.7. The van der Waals surface area contributed by atoms with Crippen molar-refractivity contribution in [1.82, 2.24) is 5.32 Å². The van der Waals surface area contributed by atoms with E-state index >= 15 is 0 Å². The summed E-state index contributed by atoms with van der Waals surface area (Å²) >= 11 is 0.